The molecule has 92 valence electrons. The first-order valence-corrected chi connectivity index (χ1v) is 5.56. The van der Waals surface area contributed by atoms with Crippen molar-refractivity contribution in [1.29, 1.82) is 0 Å². The second-order valence-corrected chi connectivity index (χ2v) is 3.66. The molecule has 0 aromatic heterocycles. The summed E-state index contributed by atoms with van der Waals surface area (Å²) in [6, 6.07) is 7.11. The fourth-order valence-corrected chi connectivity index (χ4v) is 1.33. The molecule has 17 heavy (non-hydrogen) atoms. The van der Waals surface area contributed by atoms with Gasteiger partial charge in [-0.2, -0.15) is 0 Å². The zero-order valence-electron chi connectivity index (χ0n) is 9.57. The summed E-state index contributed by atoms with van der Waals surface area (Å²) in [7, 11) is 1.58. The number of halogens is 1. The molecule has 0 saturated carbocycles. The third kappa shape index (κ3) is 5.38. The van der Waals surface area contributed by atoms with E-state index in [1.54, 1.807) is 25.5 Å². The number of amides is 2. The van der Waals surface area contributed by atoms with Crippen molar-refractivity contribution in [1.82, 2.24) is 10.6 Å². The van der Waals surface area contributed by atoms with Gasteiger partial charge in [-0.15, -0.1) is 0 Å². The molecule has 1 rings (SSSR count). The maximum absolute atomic E-state index is 11.2. The van der Waals surface area contributed by atoms with E-state index < -0.39 is 0 Å². The van der Waals surface area contributed by atoms with Crippen molar-refractivity contribution < 1.29 is 9.53 Å². The van der Waals surface area contributed by atoms with Crippen LogP contribution in [0.4, 0.5) is 4.79 Å². The van der Waals surface area contributed by atoms with Crippen LogP contribution in [0.15, 0.2) is 30.5 Å². The van der Waals surface area contributed by atoms with Crippen LogP contribution in [0.5, 0.6) is 0 Å². The molecule has 2 N–H and O–H groups in total. The van der Waals surface area contributed by atoms with Gasteiger partial charge in [0, 0.05) is 24.9 Å². The molecule has 0 aliphatic carbocycles. The second kappa shape index (κ2) is 7.70. The monoisotopic (exact) mass is 254 g/mol. The number of hydrogen-bond acceptors (Lipinski definition) is 2. The van der Waals surface area contributed by atoms with Crippen LogP contribution >= 0.6 is 11.6 Å². The van der Waals surface area contributed by atoms with Crippen molar-refractivity contribution in [3.63, 3.8) is 0 Å². The van der Waals surface area contributed by atoms with Gasteiger partial charge in [0.2, 0.25) is 0 Å². The molecule has 0 aliphatic rings. The van der Waals surface area contributed by atoms with Crippen LogP contribution in [0.2, 0.25) is 5.02 Å². The van der Waals surface area contributed by atoms with Gasteiger partial charge in [0.1, 0.15) is 0 Å². The summed E-state index contributed by atoms with van der Waals surface area (Å²) in [5.74, 6) is 0. The molecule has 0 heterocycles. The molecule has 0 atom stereocenters. The average molecular weight is 255 g/mol. The molecule has 0 bridgehead atoms. The average Bonchev–Trinajstić information content (AvgIpc) is 2.32. The summed E-state index contributed by atoms with van der Waals surface area (Å²) in [5, 5.41) is 5.84. The van der Waals surface area contributed by atoms with Crippen molar-refractivity contribution in [3.8, 4) is 0 Å². The van der Waals surface area contributed by atoms with Gasteiger partial charge >= 0.3 is 6.03 Å². The Hall–Kier alpha value is -1.52. The minimum atomic E-state index is -0.273. The molecule has 0 saturated heterocycles. The summed E-state index contributed by atoms with van der Waals surface area (Å²) < 4.78 is 4.80. The number of nitrogens with one attached hydrogen (secondary N) is 2. The highest BCUT2D eigenvalue weighted by Gasteiger charge is 1.96. The Bertz CT molecular complexity index is 394. The van der Waals surface area contributed by atoms with Gasteiger partial charge in [0.25, 0.3) is 0 Å². The molecular formula is C12H15ClN2O2. The van der Waals surface area contributed by atoms with E-state index in [0.29, 0.717) is 18.2 Å². The minimum absolute atomic E-state index is 0.273. The van der Waals surface area contributed by atoms with E-state index in [1.165, 1.54) is 0 Å². The maximum Gasteiger partial charge on any atom is 0.318 e. The van der Waals surface area contributed by atoms with E-state index >= 15 is 0 Å². The van der Waals surface area contributed by atoms with Gasteiger partial charge in [-0.3, -0.25) is 0 Å². The van der Waals surface area contributed by atoms with E-state index in [2.05, 4.69) is 10.6 Å². The van der Waals surface area contributed by atoms with E-state index in [0.717, 1.165) is 5.56 Å². The Balaban J connectivity index is 2.35. The highest BCUT2D eigenvalue weighted by Crippen LogP contribution is 2.15. The van der Waals surface area contributed by atoms with E-state index in [4.69, 9.17) is 16.3 Å². The van der Waals surface area contributed by atoms with Crippen LogP contribution in [0.25, 0.3) is 6.08 Å². The van der Waals surface area contributed by atoms with Gasteiger partial charge in [0.15, 0.2) is 0 Å². The Labute approximate surface area is 106 Å². The number of ether oxygens (including phenoxy) is 1. The fraction of sp³-hybridized carbons (Fsp3) is 0.250. The molecule has 0 spiro atoms. The Morgan fingerprint density at radius 2 is 2.24 bits per heavy atom. The third-order valence-electron chi connectivity index (χ3n) is 1.97. The molecular weight excluding hydrogens is 240 g/mol. The third-order valence-corrected chi connectivity index (χ3v) is 2.32. The summed E-state index contributed by atoms with van der Waals surface area (Å²) in [4.78, 5) is 11.2. The summed E-state index contributed by atoms with van der Waals surface area (Å²) in [5.41, 5.74) is 0.853. The maximum atomic E-state index is 11.2. The van der Waals surface area contributed by atoms with Gasteiger partial charge < -0.3 is 15.4 Å². The topological polar surface area (TPSA) is 50.4 Å². The fourth-order valence-electron chi connectivity index (χ4n) is 1.14. The Morgan fingerprint density at radius 1 is 1.47 bits per heavy atom. The van der Waals surface area contributed by atoms with Crippen molar-refractivity contribution in [2.45, 2.75) is 0 Å². The minimum Gasteiger partial charge on any atom is -0.383 e. The van der Waals surface area contributed by atoms with Gasteiger partial charge in [-0.25, -0.2) is 4.79 Å². The second-order valence-electron chi connectivity index (χ2n) is 3.25. The summed E-state index contributed by atoms with van der Waals surface area (Å²) >= 11 is 5.95. The molecule has 4 nitrogen and oxygen atoms in total. The number of carbonyl (C=O) groups excluding carboxylic acids is 1. The molecule has 1 aromatic rings. The Morgan fingerprint density at radius 3 is 2.94 bits per heavy atom. The van der Waals surface area contributed by atoms with Crippen molar-refractivity contribution in [2.24, 2.45) is 0 Å². The number of urea groups is 1. The first-order chi connectivity index (χ1) is 8.24. The van der Waals surface area contributed by atoms with E-state index in [9.17, 15) is 4.79 Å². The number of rotatable bonds is 5. The van der Waals surface area contributed by atoms with Gasteiger partial charge in [-0.05, 0) is 17.7 Å². The molecule has 0 fully saturated rings. The SMILES string of the molecule is COCCNC(=O)N/C=C/c1ccccc1Cl. The zero-order chi connectivity index (χ0) is 12.5. The van der Waals surface area contributed by atoms with Crippen LogP contribution in [-0.2, 0) is 4.74 Å². The zero-order valence-corrected chi connectivity index (χ0v) is 10.3. The summed E-state index contributed by atoms with van der Waals surface area (Å²) in [6.45, 7) is 0.962. The number of benzene rings is 1. The number of hydrogen-bond donors (Lipinski definition) is 2. The molecule has 0 aliphatic heterocycles. The van der Waals surface area contributed by atoms with Gasteiger partial charge in [-0.1, -0.05) is 29.8 Å². The predicted octanol–water partition coefficient (Wildman–Crippen LogP) is 2.26. The lowest BCUT2D eigenvalue weighted by molar-refractivity contribution is 0.196. The van der Waals surface area contributed by atoms with Crippen LogP contribution in [-0.4, -0.2) is 26.3 Å². The lowest BCUT2D eigenvalue weighted by Gasteiger charge is -2.03. The first kappa shape index (κ1) is 13.5. The first-order valence-electron chi connectivity index (χ1n) is 5.18. The number of methoxy groups -OCH3 is 1. The van der Waals surface area contributed by atoms with Crippen molar-refractivity contribution >= 4 is 23.7 Å². The largest absolute Gasteiger partial charge is 0.383 e. The van der Waals surface area contributed by atoms with Crippen LogP contribution < -0.4 is 10.6 Å². The van der Waals surface area contributed by atoms with Crippen LogP contribution in [0, 0.1) is 0 Å². The van der Waals surface area contributed by atoms with E-state index in [1.807, 2.05) is 18.2 Å². The molecule has 0 radical (unpaired) electrons. The smallest absolute Gasteiger partial charge is 0.318 e. The predicted molar refractivity (Wildman–Crippen MR) is 68.9 cm³/mol. The molecule has 5 heteroatoms. The van der Waals surface area contributed by atoms with Crippen molar-refractivity contribution in [3.05, 3.63) is 41.1 Å². The standard InChI is InChI=1S/C12H15ClN2O2/c1-17-9-8-15-12(16)14-7-6-10-4-2-3-5-11(10)13/h2-7H,8-9H2,1H3,(H2,14,15,16)/b7-6+. The normalized spacial score (nSPS) is 10.5. The Kier molecular flexibility index (Phi) is 6.14. The highest BCUT2D eigenvalue weighted by atomic mass is 35.5. The van der Waals surface area contributed by atoms with Crippen LogP contribution in [0.3, 0.4) is 0 Å². The summed E-state index contributed by atoms with van der Waals surface area (Å²) in [6.07, 6.45) is 3.28. The van der Waals surface area contributed by atoms with Gasteiger partial charge in [0.05, 0.1) is 6.61 Å². The highest BCUT2D eigenvalue weighted by molar-refractivity contribution is 6.32. The van der Waals surface area contributed by atoms with Crippen molar-refractivity contribution in [2.75, 3.05) is 20.3 Å². The quantitative estimate of drug-likeness (QED) is 0.792. The number of carbonyl (C=O) groups is 1. The lowest BCUT2D eigenvalue weighted by atomic mass is 10.2. The lowest BCUT2D eigenvalue weighted by Crippen LogP contribution is -2.34. The molecule has 2 amide bonds. The van der Waals surface area contributed by atoms with E-state index in [-0.39, 0.29) is 6.03 Å². The van der Waals surface area contributed by atoms with Crippen LogP contribution in [0.1, 0.15) is 5.56 Å². The molecule has 1 aromatic carbocycles. The molecule has 0 unspecified atom stereocenters.